The van der Waals surface area contributed by atoms with Crippen LogP contribution in [0.4, 0.5) is 0 Å². The quantitative estimate of drug-likeness (QED) is 0.840. The Kier molecular flexibility index (Phi) is 4.69. The van der Waals surface area contributed by atoms with E-state index in [0.717, 1.165) is 5.56 Å². The van der Waals surface area contributed by atoms with Crippen LogP contribution in [0.2, 0.25) is 10.0 Å². The highest BCUT2D eigenvalue weighted by Crippen LogP contribution is 2.22. The number of halogens is 2. The van der Waals surface area contributed by atoms with Crippen LogP contribution in [-0.4, -0.2) is 22.9 Å². The molecule has 4 heteroatoms. The fraction of sp³-hybridized carbons (Fsp3) is 0.400. The summed E-state index contributed by atoms with van der Waals surface area (Å²) < 4.78 is 0. The molecule has 1 atom stereocenters. The molecule has 0 aliphatic carbocycles. The molecule has 1 aromatic rings. The summed E-state index contributed by atoms with van der Waals surface area (Å²) in [7, 11) is 0. The number of aryl methyl sites for hydroxylation is 1. The minimum absolute atomic E-state index is 0.217. The number of benzene rings is 1. The van der Waals surface area contributed by atoms with Gasteiger partial charge in [0.25, 0.3) is 0 Å². The molecule has 0 amide bonds. The van der Waals surface area contributed by atoms with Gasteiger partial charge in [-0.1, -0.05) is 29.3 Å². The topological polar surface area (TPSA) is 40.5 Å². The number of hydrogen-bond donors (Lipinski definition) is 2. The first-order valence-corrected chi connectivity index (χ1v) is 5.12. The molecular weight excluding hydrogens is 223 g/mol. The molecule has 0 aliphatic rings. The van der Waals surface area contributed by atoms with Crippen molar-refractivity contribution in [2.45, 2.75) is 18.9 Å². The molecule has 1 rings (SSSR count). The minimum Gasteiger partial charge on any atom is -0.394 e. The zero-order valence-electron chi connectivity index (χ0n) is 7.58. The maximum atomic E-state index is 9.15. The first kappa shape index (κ1) is 11.8. The largest absolute Gasteiger partial charge is 0.394 e. The highest BCUT2D eigenvalue weighted by atomic mass is 35.5. The molecule has 0 saturated carbocycles. The number of hydrogen-bond acceptors (Lipinski definition) is 2. The molecule has 78 valence electrons. The maximum absolute atomic E-state index is 9.15. The summed E-state index contributed by atoms with van der Waals surface area (Å²) in [5, 5.41) is 19.0. The van der Waals surface area contributed by atoms with Gasteiger partial charge in [-0.15, -0.1) is 0 Å². The molecule has 0 saturated heterocycles. The third-order valence-electron chi connectivity index (χ3n) is 1.97. The molecular formula is C10H12Cl2O2. The molecule has 0 aliphatic heterocycles. The Morgan fingerprint density at radius 1 is 1.29 bits per heavy atom. The van der Waals surface area contributed by atoms with Crippen LogP contribution in [0.3, 0.4) is 0 Å². The van der Waals surface area contributed by atoms with E-state index in [1.54, 1.807) is 12.1 Å². The fourth-order valence-electron chi connectivity index (χ4n) is 1.14. The Morgan fingerprint density at radius 2 is 2.00 bits per heavy atom. The molecule has 2 nitrogen and oxygen atoms in total. The Labute approximate surface area is 93.1 Å². The van der Waals surface area contributed by atoms with Crippen LogP contribution < -0.4 is 0 Å². The summed E-state index contributed by atoms with van der Waals surface area (Å²) in [6.45, 7) is -0.217. The average Bonchev–Trinajstić information content (AvgIpc) is 2.16. The smallest absolute Gasteiger partial charge is 0.0774 e. The third-order valence-corrected chi connectivity index (χ3v) is 2.56. The van der Waals surface area contributed by atoms with E-state index < -0.39 is 6.10 Å². The van der Waals surface area contributed by atoms with Gasteiger partial charge in [0, 0.05) is 10.0 Å². The van der Waals surface area contributed by atoms with Crippen molar-refractivity contribution in [2.24, 2.45) is 0 Å². The second-order valence-electron chi connectivity index (χ2n) is 3.11. The highest BCUT2D eigenvalue weighted by Gasteiger charge is 2.05. The van der Waals surface area contributed by atoms with Crippen molar-refractivity contribution in [3.05, 3.63) is 33.8 Å². The van der Waals surface area contributed by atoms with E-state index in [2.05, 4.69) is 0 Å². The number of rotatable bonds is 4. The van der Waals surface area contributed by atoms with E-state index in [0.29, 0.717) is 22.9 Å². The lowest BCUT2D eigenvalue weighted by atomic mass is 10.1. The Morgan fingerprint density at radius 3 is 2.57 bits per heavy atom. The van der Waals surface area contributed by atoms with Crippen molar-refractivity contribution in [1.29, 1.82) is 0 Å². The molecule has 0 bridgehead atoms. The van der Waals surface area contributed by atoms with Gasteiger partial charge in [-0.2, -0.15) is 0 Å². The van der Waals surface area contributed by atoms with Crippen LogP contribution in [-0.2, 0) is 6.42 Å². The second kappa shape index (κ2) is 5.56. The van der Waals surface area contributed by atoms with Crippen LogP contribution >= 0.6 is 23.2 Å². The maximum Gasteiger partial charge on any atom is 0.0774 e. The van der Waals surface area contributed by atoms with Crippen molar-refractivity contribution < 1.29 is 10.2 Å². The minimum atomic E-state index is -0.679. The Balaban J connectivity index is 2.59. The third kappa shape index (κ3) is 3.46. The van der Waals surface area contributed by atoms with Crippen molar-refractivity contribution in [2.75, 3.05) is 6.61 Å². The van der Waals surface area contributed by atoms with Gasteiger partial charge < -0.3 is 10.2 Å². The van der Waals surface area contributed by atoms with E-state index in [1.165, 1.54) is 0 Å². The van der Waals surface area contributed by atoms with Gasteiger partial charge in [0.15, 0.2) is 0 Å². The van der Waals surface area contributed by atoms with Crippen LogP contribution in [0.25, 0.3) is 0 Å². The molecule has 0 unspecified atom stereocenters. The normalized spacial score (nSPS) is 12.9. The van der Waals surface area contributed by atoms with E-state index in [1.807, 2.05) is 6.07 Å². The molecule has 0 aromatic heterocycles. The lowest BCUT2D eigenvalue weighted by molar-refractivity contribution is 0.0886. The predicted molar refractivity (Wildman–Crippen MR) is 57.9 cm³/mol. The van der Waals surface area contributed by atoms with Crippen LogP contribution in [0.15, 0.2) is 18.2 Å². The van der Waals surface area contributed by atoms with Crippen molar-refractivity contribution in [3.8, 4) is 0 Å². The predicted octanol–water partition coefficient (Wildman–Crippen LogP) is 2.28. The highest BCUT2D eigenvalue weighted by molar-refractivity contribution is 6.35. The van der Waals surface area contributed by atoms with Gasteiger partial charge in [-0.25, -0.2) is 0 Å². The molecule has 0 radical (unpaired) electrons. The van der Waals surface area contributed by atoms with E-state index in [4.69, 9.17) is 33.4 Å². The summed E-state index contributed by atoms with van der Waals surface area (Å²) in [4.78, 5) is 0. The van der Waals surface area contributed by atoms with Crippen LogP contribution in [0.5, 0.6) is 0 Å². The SMILES string of the molecule is OC[C@H](O)CCc1ccc(Cl)cc1Cl. The zero-order chi connectivity index (χ0) is 10.6. The summed E-state index contributed by atoms with van der Waals surface area (Å²) in [6, 6.07) is 5.26. The fourth-order valence-corrected chi connectivity index (χ4v) is 1.64. The summed E-state index contributed by atoms with van der Waals surface area (Å²) in [6.07, 6.45) is 0.456. The zero-order valence-corrected chi connectivity index (χ0v) is 9.09. The monoisotopic (exact) mass is 234 g/mol. The van der Waals surface area contributed by atoms with Crippen molar-refractivity contribution >= 4 is 23.2 Å². The summed E-state index contributed by atoms with van der Waals surface area (Å²) in [5.74, 6) is 0. The van der Waals surface area contributed by atoms with Gasteiger partial charge in [0.1, 0.15) is 0 Å². The van der Waals surface area contributed by atoms with Crippen molar-refractivity contribution in [3.63, 3.8) is 0 Å². The first-order chi connectivity index (χ1) is 6.63. The Hall–Kier alpha value is -0.280. The average molecular weight is 235 g/mol. The summed E-state index contributed by atoms with van der Waals surface area (Å²) in [5.41, 5.74) is 0.934. The van der Waals surface area contributed by atoms with Gasteiger partial charge >= 0.3 is 0 Å². The Bertz CT molecular complexity index is 302. The van der Waals surface area contributed by atoms with Gasteiger partial charge in [-0.05, 0) is 30.5 Å². The van der Waals surface area contributed by atoms with Crippen molar-refractivity contribution in [1.82, 2.24) is 0 Å². The van der Waals surface area contributed by atoms with Crippen LogP contribution in [0.1, 0.15) is 12.0 Å². The van der Waals surface area contributed by atoms with E-state index in [-0.39, 0.29) is 6.61 Å². The van der Waals surface area contributed by atoms with Crippen LogP contribution in [0, 0.1) is 0 Å². The second-order valence-corrected chi connectivity index (χ2v) is 3.95. The standard InChI is InChI=1S/C10H12Cl2O2/c11-8-3-1-7(10(12)5-8)2-4-9(14)6-13/h1,3,5,9,13-14H,2,4,6H2/t9-/m1/s1. The first-order valence-electron chi connectivity index (χ1n) is 4.36. The molecule has 0 fully saturated rings. The van der Waals surface area contributed by atoms with Gasteiger partial charge in [-0.3, -0.25) is 0 Å². The summed E-state index contributed by atoms with van der Waals surface area (Å²) >= 11 is 11.7. The lowest BCUT2D eigenvalue weighted by Gasteiger charge is -2.08. The van der Waals surface area contributed by atoms with E-state index in [9.17, 15) is 0 Å². The molecule has 2 N–H and O–H groups in total. The molecule has 0 heterocycles. The number of aliphatic hydroxyl groups is 2. The van der Waals surface area contributed by atoms with Gasteiger partial charge in [0.05, 0.1) is 12.7 Å². The molecule has 14 heavy (non-hydrogen) atoms. The lowest BCUT2D eigenvalue weighted by Crippen LogP contribution is -2.12. The molecule has 0 spiro atoms. The number of aliphatic hydroxyl groups excluding tert-OH is 2. The van der Waals surface area contributed by atoms with Gasteiger partial charge in [0.2, 0.25) is 0 Å². The molecule has 1 aromatic carbocycles. The van der Waals surface area contributed by atoms with E-state index >= 15 is 0 Å².